The molecule has 116 valence electrons. The molecule has 1 aliphatic rings. The van der Waals surface area contributed by atoms with Gasteiger partial charge >= 0.3 is 0 Å². The highest BCUT2D eigenvalue weighted by atomic mass is 16.2. The Hall–Kier alpha value is -2.82. The van der Waals surface area contributed by atoms with Gasteiger partial charge in [0.15, 0.2) is 0 Å². The maximum atomic E-state index is 12.5. The molecule has 5 nitrogen and oxygen atoms in total. The minimum absolute atomic E-state index is 0.185. The Labute approximate surface area is 133 Å². The molecular weight excluding hydrogens is 290 g/mol. The molecule has 0 unspecified atom stereocenters. The summed E-state index contributed by atoms with van der Waals surface area (Å²) >= 11 is 0. The van der Waals surface area contributed by atoms with Crippen molar-refractivity contribution in [2.75, 3.05) is 0 Å². The van der Waals surface area contributed by atoms with Crippen molar-refractivity contribution in [3.8, 4) is 0 Å². The van der Waals surface area contributed by atoms with Gasteiger partial charge in [-0.1, -0.05) is 36.4 Å². The van der Waals surface area contributed by atoms with Crippen molar-refractivity contribution in [2.24, 2.45) is 9.98 Å². The van der Waals surface area contributed by atoms with Crippen LogP contribution in [0.1, 0.15) is 29.3 Å². The zero-order valence-electron chi connectivity index (χ0n) is 12.8. The second-order valence-electron chi connectivity index (χ2n) is 5.53. The molecule has 2 aromatic rings. The second-order valence-corrected chi connectivity index (χ2v) is 5.53. The largest absolute Gasteiger partial charge is 0.348 e. The molecule has 0 saturated heterocycles. The first kappa shape index (κ1) is 15.1. The van der Waals surface area contributed by atoms with E-state index in [-0.39, 0.29) is 24.3 Å². The van der Waals surface area contributed by atoms with Crippen LogP contribution in [0.15, 0.2) is 58.5 Å². The first-order chi connectivity index (χ1) is 11.1. The Kier molecular flexibility index (Phi) is 4.28. The zero-order chi connectivity index (χ0) is 16.2. The highest BCUT2D eigenvalue weighted by Gasteiger charge is 2.15. The van der Waals surface area contributed by atoms with Crippen molar-refractivity contribution in [1.29, 1.82) is 0 Å². The summed E-state index contributed by atoms with van der Waals surface area (Å²) in [6, 6.07) is 14.6. The van der Waals surface area contributed by atoms with E-state index in [2.05, 4.69) is 15.3 Å². The van der Waals surface area contributed by atoms with Gasteiger partial charge in [0.2, 0.25) is 5.91 Å². The van der Waals surface area contributed by atoms with Crippen LogP contribution in [-0.2, 0) is 11.3 Å². The van der Waals surface area contributed by atoms with Gasteiger partial charge in [0, 0.05) is 6.54 Å². The third kappa shape index (κ3) is 3.51. The Bertz CT molecular complexity index is 860. The van der Waals surface area contributed by atoms with Crippen molar-refractivity contribution in [3.63, 3.8) is 0 Å². The fraction of sp³-hybridized carbons (Fsp3) is 0.222. The number of carbonyl (C=O) groups is 2. The van der Waals surface area contributed by atoms with Crippen LogP contribution in [0.5, 0.6) is 0 Å². The first-order valence-electron chi connectivity index (χ1n) is 7.54. The van der Waals surface area contributed by atoms with E-state index in [1.165, 1.54) is 0 Å². The van der Waals surface area contributed by atoms with Crippen LogP contribution in [0.3, 0.4) is 0 Å². The molecule has 1 N–H and O–H groups in total. The first-order valence-corrected chi connectivity index (χ1v) is 7.54. The molecule has 1 aliphatic heterocycles. The van der Waals surface area contributed by atoms with Crippen molar-refractivity contribution in [3.05, 3.63) is 70.4 Å². The number of benzene rings is 2. The van der Waals surface area contributed by atoms with E-state index in [9.17, 15) is 9.59 Å². The van der Waals surface area contributed by atoms with E-state index in [1.807, 2.05) is 37.3 Å². The Morgan fingerprint density at radius 1 is 1.17 bits per heavy atom. The van der Waals surface area contributed by atoms with Crippen LogP contribution in [0, 0.1) is 0 Å². The summed E-state index contributed by atoms with van der Waals surface area (Å²) < 4.78 is 0. The predicted octanol–water partition coefficient (Wildman–Crippen LogP) is 1.17. The molecule has 0 bridgehead atoms. The standard InChI is InChI=1S/C18H17N3O2/c1-12-10-16(22)21-15-9-5-8-14(17(15)20-12)18(23)19-11-13-6-3-2-4-7-13/h2-9,12H,10-11H2,1H3,(H,19,23)/t12-/m1/s1. The van der Waals surface area contributed by atoms with Crippen molar-refractivity contribution in [2.45, 2.75) is 25.9 Å². The van der Waals surface area contributed by atoms with Crippen LogP contribution in [-0.4, -0.2) is 17.9 Å². The number of carbonyl (C=O) groups excluding carboxylic acids is 2. The number of rotatable bonds is 3. The number of hydrogen-bond acceptors (Lipinski definition) is 3. The average Bonchev–Trinajstić information content (AvgIpc) is 2.69. The zero-order valence-corrected chi connectivity index (χ0v) is 12.8. The summed E-state index contributed by atoms with van der Waals surface area (Å²) in [6.45, 7) is 2.29. The molecule has 0 aromatic heterocycles. The Morgan fingerprint density at radius 2 is 1.96 bits per heavy atom. The lowest BCUT2D eigenvalue weighted by Gasteiger charge is -2.06. The fourth-order valence-corrected chi connectivity index (χ4v) is 2.51. The van der Waals surface area contributed by atoms with Crippen LogP contribution < -0.4 is 16.0 Å². The lowest BCUT2D eigenvalue weighted by Crippen LogP contribution is -2.36. The van der Waals surface area contributed by atoms with Gasteiger partial charge in [-0.3, -0.25) is 14.6 Å². The molecule has 3 rings (SSSR count). The molecule has 0 spiro atoms. The fourth-order valence-electron chi connectivity index (χ4n) is 2.51. The minimum Gasteiger partial charge on any atom is -0.348 e. The molecule has 5 heteroatoms. The predicted molar refractivity (Wildman–Crippen MR) is 85.5 cm³/mol. The van der Waals surface area contributed by atoms with Gasteiger partial charge in [-0.05, 0) is 24.6 Å². The minimum atomic E-state index is -0.216. The summed E-state index contributed by atoms with van der Waals surface area (Å²) in [4.78, 5) is 32.7. The third-order valence-corrected chi connectivity index (χ3v) is 3.62. The van der Waals surface area contributed by atoms with Gasteiger partial charge in [0.25, 0.3) is 5.91 Å². The Morgan fingerprint density at radius 3 is 2.74 bits per heavy atom. The molecule has 2 amide bonds. The SMILES string of the molecule is C[C@@H]1CC(=O)N=c2cccc(C(=O)NCc3ccccc3)c2=N1. The van der Waals surface area contributed by atoms with Crippen molar-refractivity contribution >= 4 is 11.8 Å². The van der Waals surface area contributed by atoms with Crippen molar-refractivity contribution in [1.82, 2.24) is 5.32 Å². The lowest BCUT2D eigenvalue weighted by atomic mass is 10.1. The van der Waals surface area contributed by atoms with E-state index in [0.717, 1.165) is 5.56 Å². The number of nitrogens with one attached hydrogen (secondary N) is 1. The molecule has 0 saturated carbocycles. The smallest absolute Gasteiger partial charge is 0.253 e. The monoisotopic (exact) mass is 307 g/mol. The molecule has 1 atom stereocenters. The molecule has 0 fully saturated rings. The van der Waals surface area contributed by atoms with Gasteiger partial charge in [0.1, 0.15) is 0 Å². The maximum absolute atomic E-state index is 12.5. The third-order valence-electron chi connectivity index (χ3n) is 3.62. The van der Waals surface area contributed by atoms with Crippen molar-refractivity contribution < 1.29 is 9.59 Å². The summed E-state index contributed by atoms with van der Waals surface area (Å²) in [7, 11) is 0. The summed E-state index contributed by atoms with van der Waals surface area (Å²) in [5, 5.41) is 3.85. The summed E-state index contributed by atoms with van der Waals surface area (Å²) in [5.41, 5.74) is 1.47. The van der Waals surface area contributed by atoms with Gasteiger partial charge in [-0.15, -0.1) is 0 Å². The van der Waals surface area contributed by atoms with Crippen LogP contribution in [0.4, 0.5) is 0 Å². The lowest BCUT2D eigenvalue weighted by molar-refractivity contribution is -0.118. The number of fused-ring (bicyclic) bond motifs is 1. The number of amides is 2. The molecule has 0 radical (unpaired) electrons. The quantitative estimate of drug-likeness (QED) is 0.925. The van der Waals surface area contributed by atoms with E-state index in [0.29, 0.717) is 22.8 Å². The van der Waals surface area contributed by atoms with E-state index in [1.54, 1.807) is 18.2 Å². The van der Waals surface area contributed by atoms with Gasteiger partial charge < -0.3 is 5.32 Å². The molecule has 23 heavy (non-hydrogen) atoms. The summed E-state index contributed by atoms with van der Waals surface area (Å²) in [6.07, 6.45) is 0.264. The van der Waals surface area contributed by atoms with Gasteiger partial charge in [-0.25, -0.2) is 4.99 Å². The second kappa shape index (κ2) is 6.52. The summed E-state index contributed by atoms with van der Waals surface area (Å²) in [5.74, 6) is -0.423. The average molecular weight is 307 g/mol. The maximum Gasteiger partial charge on any atom is 0.253 e. The van der Waals surface area contributed by atoms with Crippen LogP contribution in [0.2, 0.25) is 0 Å². The molecule has 0 aliphatic carbocycles. The Balaban J connectivity index is 1.92. The normalized spacial score (nSPS) is 16.6. The number of nitrogens with zero attached hydrogens (tertiary/aromatic N) is 2. The van der Waals surface area contributed by atoms with Gasteiger partial charge in [0.05, 0.1) is 28.7 Å². The molecule has 2 aromatic carbocycles. The number of para-hydroxylation sites is 1. The van der Waals surface area contributed by atoms with Gasteiger partial charge in [-0.2, -0.15) is 0 Å². The van der Waals surface area contributed by atoms with E-state index < -0.39 is 0 Å². The highest BCUT2D eigenvalue weighted by Crippen LogP contribution is 2.02. The topological polar surface area (TPSA) is 70.9 Å². The number of hydrogen-bond donors (Lipinski definition) is 1. The molecule has 1 heterocycles. The van der Waals surface area contributed by atoms with E-state index in [4.69, 9.17) is 0 Å². The van der Waals surface area contributed by atoms with Crippen LogP contribution in [0.25, 0.3) is 0 Å². The van der Waals surface area contributed by atoms with E-state index >= 15 is 0 Å². The molecular formula is C18H17N3O2. The highest BCUT2D eigenvalue weighted by molar-refractivity contribution is 5.94. The van der Waals surface area contributed by atoms with Crippen LogP contribution >= 0.6 is 0 Å².